The fraction of sp³-hybridized carbons (Fsp3) is 0.400. The van der Waals surface area contributed by atoms with Gasteiger partial charge in [0, 0.05) is 12.0 Å². The second-order valence-corrected chi connectivity index (χ2v) is 4.88. The Morgan fingerprint density at radius 2 is 2.00 bits per heavy atom. The molecule has 1 unspecified atom stereocenters. The number of ketones is 1. The standard InChI is InChI=1S/C15H19IO2/c1-2-3-5-10-14(17)13(11-16)15(18)12-8-6-4-7-9-12/h4,6-9,11,15,18H,2-3,5,10H2,1H3/b13-11+. The van der Waals surface area contributed by atoms with Crippen LogP contribution in [0.5, 0.6) is 0 Å². The van der Waals surface area contributed by atoms with Gasteiger partial charge < -0.3 is 5.11 Å². The van der Waals surface area contributed by atoms with E-state index in [4.69, 9.17) is 0 Å². The molecule has 0 saturated heterocycles. The Balaban J connectivity index is 2.69. The number of Topliss-reactive ketones (excluding diaryl/α,β-unsaturated/α-hetero) is 1. The summed E-state index contributed by atoms with van der Waals surface area (Å²) in [6, 6.07) is 9.30. The highest BCUT2D eigenvalue weighted by atomic mass is 127. The molecule has 0 aliphatic carbocycles. The number of rotatable bonds is 7. The normalized spacial score (nSPS) is 13.4. The fourth-order valence-corrected chi connectivity index (χ4v) is 2.46. The maximum atomic E-state index is 12.0. The number of aliphatic hydroxyl groups excluding tert-OH is 1. The van der Waals surface area contributed by atoms with Crippen molar-refractivity contribution in [3.8, 4) is 0 Å². The lowest BCUT2D eigenvalue weighted by atomic mass is 9.97. The van der Waals surface area contributed by atoms with Gasteiger partial charge in [0.25, 0.3) is 0 Å². The average Bonchev–Trinajstić information content (AvgIpc) is 2.41. The molecule has 0 aromatic heterocycles. The molecule has 18 heavy (non-hydrogen) atoms. The van der Waals surface area contributed by atoms with Gasteiger partial charge in [0.2, 0.25) is 0 Å². The molecular formula is C15H19IO2. The van der Waals surface area contributed by atoms with E-state index in [0.29, 0.717) is 12.0 Å². The molecule has 98 valence electrons. The van der Waals surface area contributed by atoms with Gasteiger partial charge in [0.05, 0.1) is 0 Å². The maximum Gasteiger partial charge on any atom is 0.162 e. The quantitative estimate of drug-likeness (QED) is 0.451. The van der Waals surface area contributed by atoms with E-state index >= 15 is 0 Å². The van der Waals surface area contributed by atoms with Crippen LogP contribution in [0.2, 0.25) is 0 Å². The first kappa shape index (κ1) is 15.4. The number of unbranched alkanes of at least 4 members (excludes halogenated alkanes) is 2. The van der Waals surface area contributed by atoms with Crippen LogP contribution < -0.4 is 0 Å². The minimum absolute atomic E-state index is 0.0502. The van der Waals surface area contributed by atoms with Gasteiger partial charge in [-0.05, 0) is 16.1 Å². The van der Waals surface area contributed by atoms with Crippen LogP contribution in [0.3, 0.4) is 0 Å². The zero-order valence-corrected chi connectivity index (χ0v) is 12.8. The first-order chi connectivity index (χ1) is 8.70. The third-order valence-corrected chi connectivity index (χ3v) is 3.53. The van der Waals surface area contributed by atoms with Crippen LogP contribution in [0.15, 0.2) is 40.0 Å². The highest BCUT2D eigenvalue weighted by Crippen LogP contribution is 2.24. The van der Waals surface area contributed by atoms with E-state index in [9.17, 15) is 9.90 Å². The summed E-state index contributed by atoms with van der Waals surface area (Å²) < 4.78 is 1.70. The minimum atomic E-state index is -0.808. The van der Waals surface area contributed by atoms with Crippen LogP contribution in [-0.4, -0.2) is 10.9 Å². The zero-order valence-electron chi connectivity index (χ0n) is 10.6. The van der Waals surface area contributed by atoms with Crippen LogP contribution in [0, 0.1) is 0 Å². The molecule has 0 fully saturated rings. The van der Waals surface area contributed by atoms with Crippen LogP contribution >= 0.6 is 22.6 Å². The van der Waals surface area contributed by atoms with Crippen molar-refractivity contribution in [2.45, 2.75) is 38.7 Å². The molecule has 0 radical (unpaired) electrons. The monoisotopic (exact) mass is 358 g/mol. The molecule has 1 aromatic rings. The van der Waals surface area contributed by atoms with Crippen LogP contribution in [-0.2, 0) is 4.79 Å². The van der Waals surface area contributed by atoms with Gasteiger partial charge in [-0.2, -0.15) is 0 Å². The van der Waals surface area contributed by atoms with Gasteiger partial charge in [0.15, 0.2) is 5.78 Å². The molecule has 1 N–H and O–H groups in total. The molecule has 0 amide bonds. The smallest absolute Gasteiger partial charge is 0.162 e. The first-order valence-electron chi connectivity index (χ1n) is 6.27. The van der Waals surface area contributed by atoms with Crippen molar-refractivity contribution in [1.29, 1.82) is 0 Å². The maximum absolute atomic E-state index is 12.0. The number of hydrogen-bond donors (Lipinski definition) is 1. The predicted octanol–water partition coefficient (Wildman–Crippen LogP) is 4.19. The minimum Gasteiger partial charge on any atom is -0.384 e. The van der Waals surface area contributed by atoms with Gasteiger partial charge >= 0.3 is 0 Å². The molecular weight excluding hydrogens is 339 g/mol. The van der Waals surface area contributed by atoms with Crippen LogP contribution in [0.4, 0.5) is 0 Å². The van der Waals surface area contributed by atoms with Crippen LogP contribution in [0.25, 0.3) is 0 Å². The van der Waals surface area contributed by atoms with Gasteiger partial charge in [-0.15, -0.1) is 0 Å². The van der Waals surface area contributed by atoms with Gasteiger partial charge in [-0.1, -0.05) is 72.7 Å². The number of carbonyl (C=O) groups is 1. The van der Waals surface area contributed by atoms with Gasteiger partial charge in [-0.25, -0.2) is 0 Å². The molecule has 3 heteroatoms. The lowest BCUT2D eigenvalue weighted by Gasteiger charge is -2.13. The van der Waals surface area contributed by atoms with E-state index < -0.39 is 6.10 Å². The largest absolute Gasteiger partial charge is 0.384 e. The molecule has 1 atom stereocenters. The molecule has 0 aliphatic rings. The summed E-state index contributed by atoms with van der Waals surface area (Å²) in [5.74, 6) is 0.0502. The summed E-state index contributed by atoms with van der Waals surface area (Å²) in [4.78, 5) is 12.0. The van der Waals surface area contributed by atoms with E-state index in [1.807, 2.05) is 52.9 Å². The highest BCUT2D eigenvalue weighted by molar-refractivity contribution is 14.1. The van der Waals surface area contributed by atoms with Crippen molar-refractivity contribution in [2.75, 3.05) is 0 Å². The van der Waals surface area contributed by atoms with Crippen molar-refractivity contribution in [3.05, 3.63) is 45.6 Å². The Hall–Kier alpha value is -0.680. The average molecular weight is 358 g/mol. The van der Waals surface area contributed by atoms with E-state index in [1.165, 1.54) is 0 Å². The van der Waals surface area contributed by atoms with E-state index in [0.717, 1.165) is 24.8 Å². The Bertz CT molecular complexity index is 398. The topological polar surface area (TPSA) is 37.3 Å². The van der Waals surface area contributed by atoms with Crippen LogP contribution in [0.1, 0.15) is 44.3 Å². The summed E-state index contributed by atoms with van der Waals surface area (Å²) in [6.07, 6.45) is 2.76. The predicted molar refractivity (Wildman–Crippen MR) is 82.7 cm³/mol. The summed E-state index contributed by atoms with van der Waals surface area (Å²) in [7, 11) is 0. The Morgan fingerprint density at radius 3 is 2.56 bits per heavy atom. The summed E-state index contributed by atoms with van der Waals surface area (Å²) in [6.45, 7) is 2.11. The first-order valence-corrected chi connectivity index (χ1v) is 7.51. The molecule has 0 aliphatic heterocycles. The fourth-order valence-electron chi connectivity index (χ4n) is 1.77. The van der Waals surface area contributed by atoms with Crippen molar-refractivity contribution in [2.24, 2.45) is 0 Å². The Labute approximate surface area is 122 Å². The second kappa shape index (κ2) is 8.43. The number of carbonyl (C=O) groups excluding carboxylic acids is 1. The number of halogens is 1. The molecule has 0 saturated carbocycles. The zero-order chi connectivity index (χ0) is 13.4. The molecule has 0 heterocycles. The van der Waals surface area contributed by atoms with Crippen molar-refractivity contribution < 1.29 is 9.90 Å². The molecule has 1 rings (SSSR count). The van der Waals surface area contributed by atoms with E-state index in [2.05, 4.69) is 6.92 Å². The number of benzene rings is 1. The summed E-state index contributed by atoms with van der Waals surface area (Å²) in [5.41, 5.74) is 1.27. The third kappa shape index (κ3) is 4.53. The van der Waals surface area contributed by atoms with Crippen molar-refractivity contribution in [3.63, 3.8) is 0 Å². The number of aliphatic hydroxyl groups is 1. The summed E-state index contributed by atoms with van der Waals surface area (Å²) >= 11 is 2.02. The lowest BCUT2D eigenvalue weighted by Crippen LogP contribution is -2.11. The second-order valence-electron chi connectivity index (χ2n) is 4.26. The number of hydrogen-bond acceptors (Lipinski definition) is 2. The lowest BCUT2D eigenvalue weighted by molar-refractivity contribution is -0.116. The Morgan fingerprint density at radius 1 is 1.33 bits per heavy atom. The highest BCUT2D eigenvalue weighted by Gasteiger charge is 2.19. The van der Waals surface area contributed by atoms with E-state index in [1.54, 1.807) is 4.08 Å². The van der Waals surface area contributed by atoms with Crippen molar-refractivity contribution in [1.82, 2.24) is 0 Å². The molecule has 1 aromatic carbocycles. The van der Waals surface area contributed by atoms with Gasteiger partial charge in [0.1, 0.15) is 6.10 Å². The third-order valence-electron chi connectivity index (χ3n) is 2.86. The molecule has 2 nitrogen and oxygen atoms in total. The van der Waals surface area contributed by atoms with Crippen molar-refractivity contribution >= 4 is 28.4 Å². The van der Waals surface area contributed by atoms with Gasteiger partial charge in [-0.3, -0.25) is 4.79 Å². The van der Waals surface area contributed by atoms with E-state index in [-0.39, 0.29) is 5.78 Å². The summed E-state index contributed by atoms with van der Waals surface area (Å²) in [5, 5.41) is 10.2. The SMILES string of the molecule is CCCCCC(=O)/C(=C\I)C(O)c1ccccc1. The molecule has 0 bridgehead atoms. The Kier molecular flexibility index (Phi) is 7.20. The molecule has 0 spiro atoms.